The van der Waals surface area contributed by atoms with Gasteiger partial charge >= 0.3 is 0 Å². The van der Waals surface area contributed by atoms with Gasteiger partial charge in [-0.05, 0) is 58.5 Å². The SMILES string of the molecule is O=C(Cc1c(Cl)cccc1Cl)Nc1cccc(I)c1. The Hall–Kier alpha value is -0.780. The van der Waals surface area contributed by atoms with E-state index in [-0.39, 0.29) is 12.3 Å². The number of halogens is 3. The van der Waals surface area contributed by atoms with Gasteiger partial charge in [-0.3, -0.25) is 4.79 Å². The van der Waals surface area contributed by atoms with Crippen LogP contribution in [0, 0.1) is 3.57 Å². The summed E-state index contributed by atoms with van der Waals surface area (Å²) < 4.78 is 1.06. The van der Waals surface area contributed by atoms with Crippen LogP contribution in [0.25, 0.3) is 0 Å². The number of anilines is 1. The van der Waals surface area contributed by atoms with E-state index < -0.39 is 0 Å². The number of hydrogen-bond acceptors (Lipinski definition) is 1. The molecule has 0 saturated carbocycles. The Morgan fingerprint density at radius 3 is 2.37 bits per heavy atom. The summed E-state index contributed by atoms with van der Waals surface area (Å²) in [4.78, 5) is 12.0. The van der Waals surface area contributed by atoms with E-state index in [9.17, 15) is 4.79 Å². The summed E-state index contributed by atoms with van der Waals surface area (Å²) in [5.74, 6) is -0.142. The van der Waals surface area contributed by atoms with Crippen molar-refractivity contribution in [3.63, 3.8) is 0 Å². The first-order valence-electron chi connectivity index (χ1n) is 5.54. The molecular weight excluding hydrogens is 396 g/mol. The van der Waals surface area contributed by atoms with Gasteiger partial charge in [0, 0.05) is 19.3 Å². The van der Waals surface area contributed by atoms with Gasteiger partial charge in [0.15, 0.2) is 0 Å². The second-order valence-electron chi connectivity index (χ2n) is 3.94. The molecule has 2 rings (SSSR count). The van der Waals surface area contributed by atoms with Crippen LogP contribution in [0.4, 0.5) is 5.69 Å². The molecule has 0 spiro atoms. The van der Waals surface area contributed by atoms with E-state index >= 15 is 0 Å². The standard InChI is InChI=1S/C14H10Cl2INO/c15-12-5-2-6-13(16)11(12)8-14(19)18-10-4-1-3-9(17)7-10/h1-7H,8H2,(H,18,19). The van der Waals surface area contributed by atoms with Crippen LogP contribution in [-0.4, -0.2) is 5.91 Å². The van der Waals surface area contributed by atoms with Crippen molar-refractivity contribution in [3.05, 3.63) is 61.6 Å². The van der Waals surface area contributed by atoms with E-state index in [1.807, 2.05) is 24.3 Å². The largest absolute Gasteiger partial charge is 0.326 e. The lowest BCUT2D eigenvalue weighted by Crippen LogP contribution is -2.15. The third kappa shape index (κ3) is 4.09. The molecule has 0 saturated heterocycles. The fraction of sp³-hybridized carbons (Fsp3) is 0.0714. The lowest BCUT2D eigenvalue weighted by Gasteiger charge is -2.08. The van der Waals surface area contributed by atoms with Crippen molar-refractivity contribution in [2.45, 2.75) is 6.42 Å². The number of nitrogens with one attached hydrogen (secondary N) is 1. The molecule has 2 nitrogen and oxygen atoms in total. The monoisotopic (exact) mass is 405 g/mol. The zero-order valence-corrected chi connectivity index (χ0v) is 13.5. The van der Waals surface area contributed by atoms with Crippen molar-refractivity contribution in [1.29, 1.82) is 0 Å². The molecular formula is C14H10Cl2INO. The summed E-state index contributed by atoms with van der Waals surface area (Å²) >= 11 is 14.3. The van der Waals surface area contributed by atoms with Gasteiger partial charge in [0.2, 0.25) is 5.91 Å². The van der Waals surface area contributed by atoms with Gasteiger partial charge < -0.3 is 5.32 Å². The molecule has 0 aromatic heterocycles. The highest BCUT2D eigenvalue weighted by Crippen LogP contribution is 2.25. The van der Waals surface area contributed by atoms with Crippen molar-refractivity contribution in [2.75, 3.05) is 5.32 Å². The minimum absolute atomic E-state index is 0.142. The first-order chi connectivity index (χ1) is 9.06. The fourth-order valence-corrected chi connectivity index (χ4v) is 2.71. The maximum absolute atomic E-state index is 12.0. The predicted octanol–water partition coefficient (Wildman–Crippen LogP) is 4.78. The van der Waals surface area contributed by atoms with Gasteiger partial charge in [-0.2, -0.15) is 0 Å². The minimum Gasteiger partial charge on any atom is -0.326 e. The van der Waals surface area contributed by atoms with E-state index in [2.05, 4.69) is 27.9 Å². The highest BCUT2D eigenvalue weighted by molar-refractivity contribution is 14.1. The van der Waals surface area contributed by atoms with Crippen LogP contribution in [0.5, 0.6) is 0 Å². The van der Waals surface area contributed by atoms with Gasteiger partial charge in [0.1, 0.15) is 0 Å². The Morgan fingerprint density at radius 1 is 1.11 bits per heavy atom. The minimum atomic E-state index is -0.142. The summed E-state index contributed by atoms with van der Waals surface area (Å²) in [5, 5.41) is 3.83. The quantitative estimate of drug-likeness (QED) is 0.731. The van der Waals surface area contributed by atoms with Gasteiger partial charge in [-0.15, -0.1) is 0 Å². The second-order valence-corrected chi connectivity index (χ2v) is 6.00. The van der Waals surface area contributed by atoms with Gasteiger partial charge in [0.25, 0.3) is 0 Å². The summed E-state index contributed by atoms with van der Waals surface area (Å²) in [6.07, 6.45) is 0.157. The molecule has 1 N–H and O–H groups in total. The summed E-state index contributed by atoms with van der Waals surface area (Å²) in [7, 11) is 0. The zero-order valence-electron chi connectivity index (χ0n) is 9.79. The molecule has 0 heterocycles. The lowest BCUT2D eigenvalue weighted by molar-refractivity contribution is -0.115. The smallest absolute Gasteiger partial charge is 0.228 e. The Labute approximate surface area is 135 Å². The van der Waals surface area contributed by atoms with Crippen molar-refractivity contribution in [1.82, 2.24) is 0 Å². The third-order valence-corrected chi connectivity index (χ3v) is 3.89. The van der Waals surface area contributed by atoms with Crippen LogP contribution in [0.3, 0.4) is 0 Å². The molecule has 0 aliphatic carbocycles. The van der Waals surface area contributed by atoms with Gasteiger partial charge in [0.05, 0.1) is 6.42 Å². The number of carbonyl (C=O) groups excluding carboxylic acids is 1. The van der Waals surface area contributed by atoms with Crippen molar-refractivity contribution >= 4 is 57.4 Å². The Balaban J connectivity index is 2.10. The van der Waals surface area contributed by atoms with E-state index in [1.54, 1.807) is 18.2 Å². The highest BCUT2D eigenvalue weighted by Gasteiger charge is 2.11. The highest BCUT2D eigenvalue weighted by atomic mass is 127. The van der Waals surface area contributed by atoms with Crippen LogP contribution in [0.2, 0.25) is 10.0 Å². The second kappa shape index (κ2) is 6.59. The molecule has 2 aromatic rings. The molecule has 1 amide bonds. The molecule has 0 atom stereocenters. The molecule has 0 fully saturated rings. The van der Waals surface area contributed by atoms with E-state index in [0.717, 1.165) is 9.26 Å². The van der Waals surface area contributed by atoms with Crippen LogP contribution in [0.1, 0.15) is 5.56 Å². The fourth-order valence-electron chi connectivity index (χ4n) is 1.63. The third-order valence-electron chi connectivity index (χ3n) is 2.51. The molecule has 0 unspecified atom stereocenters. The molecule has 0 aliphatic rings. The van der Waals surface area contributed by atoms with Gasteiger partial charge in [-0.1, -0.05) is 35.3 Å². The van der Waals surface area contributed by atoms with Crippen LogP contribution in [0.15, 0.2) is 42.5 Å². The van der Waals surface area contributed by atoms with Gasteiger partial charge in [-0.25, -0.2) is 0 Å². The maximum atomic E-state index is 12.0. The molecule has 2 aromatic carbocycles. The van der Waals surface area contributed by atoms with Crippen LogP contribution >= 0.6 is 45.8 Å². The molecule has 0 aliphatic heterocycles. The summed E-state index contributed by atoms with van der Waals surface area (Å²) in [6, 6.07) is 12.8. The number of amides is 1. The van der Waals surface area contributed by atoms with E-state index in [1.165, 1.54) is 0 Å². The van der Waals surface area contributed by atoms with Crippen LogP contribution in [-0.2, 0) is 11.2 Å². The summed E-state index contributed by atoms with van der Waals surface area (Å²) in [6.45, 7) is 0. The van der Waals surface area contributed by atoms with Crippen LogP contribution < -0.4 is 5.32 Å². The predicted molar refractivity (Wildman–Crippen MR) is 88.0 cm³/mol. The first-order valence-corrected chi connectivity index (χ1v) is 7.38. The van der Waals surface area contributed by atoms with Crippen molar-refractivity contribution in [3.8, 4) is 0 Å². The first kappa shape index (κ1) is 14.6. The Bertz CT molecular complexity index is 596. The molecule has 0 radical (unpaired) electrons. The average Bonchev–Trinajstić information content (AvgIpc) is 2.34. The number of benzene rings is 2. The molecule has 98 valence electrons. The number of hydrogen-bond donors (Lipinski definition) is 1. The number of carbonyl (C=O) groups is 1. The molecule has 0 bridgehead atoms. The number of rotatable bonds is 3. The Kier molecular flexibility index (Phi) is 5.07. The normalized spacial score (nSPS) is 10.3. The van der Waals surface area contributed by atoms with E-state index in [0.29, 0.717) is 15.6 Å². The molecule has 19 heavy (non-hydrogen) atoms. The van der Waals surface area contributed by atoms with Crippen molar-refractivity contribution < 1.29 is 4.79 Å². The maximum Gasteiger partial charge on any atom is 0.228 e. The van der Waals surface area contributed by atoms with E-state index in [4.69, 9.17) is 23.2 Å². The zero-order chi connectivity index (χ0) is 13.8. The summed E-state index contributed by atoms with van der Waals surface area (Å²) in [5.41, 5.74) is 1.41. The average molecular weight is 406 g/mol. The van der Waals surface area contributed by atoms with Crippen molar-refractivity contribution in [2.24, 2.45) is 0 Å². The lowest BCUT2D eigenvalue weighted by atomic mass is 10.1. The molecule has 5 heteroatoms. The Morgan fingerprint density at radius 2 is 1.74 bits per heavy atom. The topological polar surface area (TPSA) is 29.1 Å².